The fourth-order valence-electron chi connectivity index (χ4n) is 3.76. The molecule has 1 heterocycles. The number of hydrogen-bond acceptors (Lipinski definition) is 3. The zero-order chi connectivity index (χ0) is 20.9. The third-order valence-corrected chi connectivity index (χ3v) is 5.24. The topological polar surface area (TPSA) is 88.0 Å². The second-order valence-electron chi connectivity index (χ2n) is 7.12. The number of amides is 1. The van der Waals surface area contributed by atoms with Crippen LogP contribution in [0.1, 0.15) is 22.6 Å². The number of aromatic nitrogens is 1. The van der Waals surface area contributed by atoms with Gasteiger partial charge in [0.2, 0.25) is 5.91 Å². The molecule has 0 fully saturated rings. The molecule has 0 bridgehead atoms. The first-order valence-corrected chi connectivity index (χ1v) is 9.73. The highest BCUT2D eigenvalue weighted by atomic mass is 16.6. The van der Waals surface area contributed by atoms with E-state index in [1.54, 1.807) is 18.2 Å². The first-order chi connectivity index (χ1) is 14.6. The number of nitrogens with zero attached hydrogens (tertiary/aromatic N) is 1. The zero-order valence-corrected chi connectivity index (χ0v) is 16.2. The summed E-state index contributed by atoms with van der Waals surface area (Å²) in [7, 11) is 0. The summed E-state index contributed by atoms with van der Waals surface area (Å²) in [6.07, 6.45) is 1.95. The van der Waals surface area contributed by atoms with Gasteiger partial charge in [-0.3, -0.25) is 14.9 Å². The summed E-state index contributed by atoms with van der Waals surface area (Å²) in [4.78, 5) is 26.7. The maximum atomic E-state index is 12.6. The number of para-hydroxylation sites is 2. The second-order valence-corrected chi connectivity index (χ2v) is 7.12. The minimum absolute atomic E-state index is 0.0352. The standard InChI is InChI=1S/C24H21N3O3/c28-24(14-18-10-4-7-13-23(18)27(29)30)26-15-20(17-8-2-1-3-9-17)21-16-25-22-12-6-5-11-19(21)22/h1-13,16,20,25H,14-15H2,(H,26,28). The molecule has 0 saturated carbocycles. The van der Waals surface area contributed by atoms with Gasteiger partial charge in [0.05, 0.1) is 11.3 Å². The number of fused-ring (bicyclic) bond motifs is 1. The molecule has 30 heavy (non-hydrogen) atoms. The number of nitrogens with one attached hydrogen (secondary N) is 2. The van der Waals surface area contributed by atoms with Crippen molar-refractivity contribution in [3.63, 3.8) is 0 Å². The highest BCUT2D eigenvalue weighted by Gasteiger charge is 2.20. The zero-order valence-electron chi connectivity index (χ0n) is 16.2. The van der Waals surface area contributed by atoms with E-state index in [4.69, 9.17) is 0 Å². The molecule has 0 radical (unpaired) electrons. The molecule has 6 heteroatoms. The molecule has 1 atom stereocenters. The van der Waals surface area contributed by atoms with Gasteiger partial charge in [0.25, 0.3) is 5.69 Å². The number of carbonyl (C=O) groups is 1. The normalized spacial score (nSPS) is 11.9. The van der Waals surface area contributed by atoms with Crippen molar-refractivity contribution >= 4 is 22.5 Å². The van der Waals surface area contributed by atoms with Gasteiger partial charge in [-0.2, -0.15) is 0 Å². The van der Waals surface area contributed by atoms with E-state index >= 15 is 0 Å². The summed E-state index contributed by atoms with van der Waals surface area (Å²) in [5.74, 6) is -0.290. The number of benzene rings is 3. The lowest BCUT2D eigenvalue weighted by atomic mass is 9.91. The molecule has 4 rings (SSSR count). The molecule has 4 aromatic rings. The Bertz CT molecular complexity index is 1180. The van der Waals surface area contributed by atoms with Crippen LogP contribution in [0.25, 0.3) is 10.9 Å². The summed E-state index contributed by atoms with van der Waals surface area (Å²) in [6, 6.07) is 24.4. The van der Waals surface area contributed by atoms with Crippen LogP contribution in [-0.2, 0) is 11.2 Å². The molecule has 3 aromatic carbocycles. The van der Waals surface area contributed by atoms with E-state index in [1.165, 1.54) is 6.07 Å². The Hall–Kier alpha value is -3.93. The predicted molar refractivity (Wildman–Crippen MR) is 116 cm³/mol. The monoisotopic (exact) mass is 399 g/mol. The second kappa shape index (κ2) is 8.61. The van der Waals surface area contributed by atoms with Gasteiger partial charge in [0, 0.05) is 41.2 Å². The van der Waals surface area contributed by atoms with Crippen molar-refractivity contribution in [2.75, 3.05) is 6.54 Å². The average molecular weight is 399 g/mol. The number of hydrogen-bond donors (Lipinski definition) is 2. The van der Waals surface area contributed by atoms with Crippen LogP contribution in [0.2, 0.25) is 0 Å². The summed E-state index contributed by atoms with van der Waals surface area (Å²) < 4.78 is 0. The summed E-state index contributed by atoms with van der Waals surface area (Å²) in [6.45, 7) is 0.394. The van der Waals surface area contributed by atoms with Crippen molar-refractivity contribution in [2.45, 2.75) is 12.3 Å². The Balaban J connectivity index is 1.56. The quantitative estimate of drug-likeness (QED) is 0.352. The van der Waals surface area contributed by atoms with Crippen LogP contribution < -0.4 is 5.32 Å². The number of nitro benzene ring substituents is 1. The number of H-pyrrole nitrogens is 1. The lowest BCUT2D eigenvalue weighted by Crippen LogP contribution is -2.30. The third-order valence-electron chi connectivity index (χ3n) is 5.24. The molecule has 6 nitrogen and oxygen atoms in total. The van der Waals surface area contributed by atoms with Crippen molar-refractivity contribution in [3.05, 3.63) is 112 Å². The first-order valence-electron chi connectivity index (χ1n) is 9.73. The minimum atomic E-state index is -0.457. The maximum Gasteiger partial charge on any atom is 0.273 e. The third kappa shape index (κ3) is 4.07. The van der Waals surface area contributed by atoms with Crippen molar-refractivity contribution in [1.29, 1.82) is 0 Å². The lowest BCUT2D eigenvalue weighted by molar-refractivity contribution is -0.385. The molecule has 0 aliphatic rings. The van der Waals surface area contributed by atoms with Gasteiger partial charge >= 0.3 is 0 Å². The van der Waals surface area contributed by atoms with Gasteiger partial charge in [-0.1, -0.05) is 66.7 Å². The predicted octanol–water partition coefficient (Wildman–Crippen LogP) is 4.57. The van der Waals surface area contributed by atoms with E-state index < -0.39 is 4.92 Å². The number of carbonyl (C=O) groups excluding carboxylic acids is 1. The van der Waals surface area contributed by atoms with Crippen LogP contribution in [0.4, 0.5) is 5.69 Å². The van der Waals surface area contributed by atoms with Crippen molar-refractivity contribution in [2.24, 2.45) is 0 Å². The van der Waals surface area contributed by atoms with Crippen LogP contribution in [0.5, 0.6) is 0 Å². The smallest absolute Gasteiger partial charge is 0.273 e. The molecule has 1 unspecified atom stereocenters. The van der Waals surface area contributed by atoms with E-state index in [0.29, 0.717) is 12.1 Å². The summed E-state index contributed by atoms with van der Waals surface area (Å²) in [5.41, 5.74) is 3.60. The molecule has 0 aliphatic heterocycles. The van der Waals surface area contributed by atoms with Gasteiger partial charge in [-0.05, 0) is 17.2 Å². The molecule has 1 amide bonds. The summed E-state index contributed by atoms with van der Waals surface area (Å²) in [5, 5.41) is 15.3. The Morgan fingerprint density at radius 1 is 0.967 bits per heavy atom. The molecular weight excluding hydrogens is 378 g/mol. The Morgan fingerprint density at radius 2 is 1.67 bits per heavy atom. The van der Waals surface area contributed by atoms with Crippen LogP contribution in [0.3, 0.4) is 0 Å². The SMILES string of the molecule is O=C(Cc1ccccc1[N+](=O)[O-])NCC(c1ccccc1)c1c[nH]c2ccccc12. The van der Waals surface area contributed by atoms with E-state index in [2.05, 4.69) is 16.4 Å². The fraction of sp³-hybridized carbons (Fsp3) is 0.125. The molecule has 0 saturated heterocycles. The van der Waals surface area contributed by atoms with E-state index in [-0.39, 0.29) is 23.9 Å². The first kappa shape index (κ1) is 19.4. The van der Waals surface area contributed by atoms with Gasteiger partial charge in [-0.15, -0.1) is 0 Å². The highest BCUT2D eigenvalue weighted by molar-refractivity contribution is 5.84. The van der Waals surface area contributed by atoms with E-state index in [0.717, 1.165) is 22.0 Å². The van der Waals surface area contributed by atoms with Crippen LogP contribution in [0, 0.1) is 10.1 Å². The van der Waals surface area contributed by atoms with Gasteiger partial charge in [0.15, 0.2) is 0 Å². The number of aromatic amines is 1. The Morgan fingerprint density at radius 3 is 2.47 bits per heavy atom. The van der Waals surface area contributed by atoms with Crippen LogP contribution in [0.15, 0.2) is 85.1 Å². The van der Waals surface area contributed by atoms with Crippen LogP contribution >= 0.6 is 0 Å². The number of rotatable bonds is 7. The molecule has 0 spiro atoms. The van der Waals surface area contributed by atoms with Crippen molar-refractivity contribution in [1.82, 2.24) is 10.3 Å². The number of nitro groups is 1. The van der Waals surface area contributed by atoms with Gasteiger partial charge < -0.3 is 10.3 Å². The Kier molecular flexibility index (Phi) is 5.57. The molecule has 0 aliphatic carbocycles. The van der Waals surface area contributed by atoms with Crippen molar-refractivity contribution in [3.8, 4) is 0 Å². The van der Waals surface area contributed by atoms with E-state index in [9.17, 15) is 14.9 Å². The molecular formula is C24H21N3O3. The van der Waals surface area contributed by atoms with E-state index in [1.807, 2.05) is 54.7 Å². The highest BCUT2D eigenvalue weighted by Crippen LogP contribution is 2.30. The molecule has 150 valence electrons. The van der Waals surface area contributed by atoms with Gasteiger partial charge in [0.1, 0.15) is 0 Å². The van der Waals surface area contributed by atoms with Crippen molar-refractivity contribution < 1.29 is 9.72 Å². The molecule has 2 N–H and O–H groups in total. The lowest BCUT2D eigenvalue weighted by Gasteiger charge is -2.18. The maximum absolute atomic E-state index is 12.6. The average Bonchev–Trinajstić information content (AvgIpc) is 3.19. The fourth-order valence-corrected chi connectivity index (χ4v) is 3.76. The van der Waals surface area contributed by atoms with Crippen LogP contribution in [-0.4, -0.2) is 22.4 Å². The summed E-state index contributed by atoms with van der Waals surface area (Å²) >= 11 is 0. The largest absolute Gasteiger partial charge is 0.361 e. The van der Waals surface area contributed by atoms with Gasteiger partial charge in [-0.25, -0.2) is 0 Å². The molecule has 1 aromatic heterocycles. The minimum Gasteiger partial charge on any atom is -0.361 e. The Labute approximate surface area is 173 Å².